The molecule has 4 aromatic heterocycles. The highest BCUT2D eigenvalue weighted by Crippen LogP contribution is 2.36. The van der Waals surface area contributed by atoms with E-state index in [0.29, 0.717) is 0 Å². The fraction of sp³-hybridized carbons (Fsp3) is 0.207. The minimum atomic E-state index is 0.791. The topological polar surface area (TPSA) is 69.7 Å². The highest BCUT2D eigenvalue weighted by Gasteiger charge is 2.21. The second-order valence-electron chi connectivity index (χ2n) is 9.59. The summed E-state index contributed by atoms with van der Waals surface area (Å²) in [6.45, 7) is 3.08. The molecule has 6 nitrogen and oxygen atoms in total. The van der Waals surface area contributed by atoms with Gasteiger partial charge in [-0.15, -0.1) is 11.3 Å². The molecule has 4 aromatic rings. The summed E-state index contributed by atoms with van der Waals surface area (Å²) < 4.78 is 0. The molecule has 0 spiro atoms. The number of allylic oxidation sites excluding steroid dienone is 5. The van der Waals surface area contributed by atoms with Gasteiger partial charge in [-0.2, -0.15) is 5.10 Å². The average molecular weight is 493 g/mol. The van der Waals surface area contributed by atoms with E-state index in [-0.39, 0.29) is 0 Å². The molecule has 0 amide bonds. The maximum Gasteiger partial charge on any atom is 0.134 e. The van der Waals surface area contributed by atoms with E-state index in [1.165, 1.54) is 21.6 Å². The molecular weight excluding hydrogens is 464 g/mol. The molecular formula is C29H28N6S. The zero-order chi connectivity index (χ0) is 24.6. The van der Waals surface area contributed by atoms with Crippen molar-refractivity contribution in [3.63, 3.8) is 0 Å². The van der Waals surface area contributed by atoms with Gasteiger partial charge < -0.3 is 10.2 Å². The van der Waals surface area contributed by atoms with Gasteiger partial charge in [-0.25, -0.2) is 4.98 Å². The number of aromatic amines is 1. The van der Waals surface area contributed by atoms with Crippen molar-refractivity contribution >= 4 is 39.3 Å². The summed E-state index contributed by atoms with van der Waals surface area (Å²) in [5.74, 6) is 0. The van der Waals surface area contributed by atoms with Crippen molar-refractivity contribution in [1.29, 1.82) is 0 Å². The number of H-pyrrole nitrogens is 1. The number of anilines is 1. The smallest absolute Gasteiger partial charge is 0.134 e. The predicted octanol–water partition coefficient (Wildman–Crippen LogP) is 6.31. The number of nitrogens with one attached hydrogen (secondary N) is 2. The second-order valence-corrected chi connectivity index (χ2v) is 10.5. The van der Waals surface area contributed by atoms with Gasteiger partial charge in [0.2, 0.25) is 0 Å². The lowest BCUT2D eigenvalue weighted by molar-refractivity contribution is 0.449. The Labute approximate surface area is 214 Å². The zero-order valence-corrected chi connectivity index (χ0v) is 21.5. The minimum absolute atomic E-state index is 0.791. The summed E-state index contributed by atoms with van der Waals surface area (Å²) in [7, 11) is 4.20. The molecule has 0 saturated heterocycles. The number of rotatable bonds is 5. The quantitative estimate of drug-likeness (QED) is 0.342. The first kappa shape index (κ1) is 22.6. The van der Waals surface area contributed by atoms with Crippen LogP contribution in [0.5, 0.6) is 0 Å². The monoisotopic (exact) mass is 492 g/mol. The molecule has 5 heterocycles. The van der Waals surface area contributed by atoms with Crippen LogP contribution in [0.4, 0.5) is 5.69 Å². The van der Waals surface area contributed by atoms with E-state index >= 15 is 0 Å². The molecule has 0 radical (unpaired) electrons. The number of thiophene rings is 1. The lowest BCUT2D eigenvalue weighted by atomic mass is 10.0. The number of likely N-dealkylation sites (N-methyl/N-ethyl adjacent to an activating group) is 1. The van der Waals surface area contributed by atoms with Crippen LogP contribution in [-0.4, -0.2) is 45.7 Å². The maximum atomic E-state index is 5.09. The summed E-state index contributed by atoms with van der Waals surface area (Å²) in [5, 5.41) is 13.5. The molecule has 7 heteroatoms. The Kier molecular flexibility index (Phi) is 5.87. The van der Waals surface area contributed by atoms with Gasteiger partial charge in [0, 0.05) is 24.0 Å². The molecule has 0 saturated carbocycles. The first-order valence-corrected chi connectivity index (χ1v) is 13.0. The SMILES string of the molecule is CC1=CC(CN(C)C)=CC(c2ccc3[nH]nc(C4=CCc5c(ccnc5-c5cccs5)N4)c3n2)=CC1. The molecule has 0 atom stereocenters. The average Bonchev–Trinajstić information content (AvgIpc) is 3.51. The van der Waals surface area contributed by atoms with Gasteiger partial charge in [0.1, 0.15) is 11.2 Å². The molecule has 180 valence electrons. The Bertz CT molecular complexity index is 1570. The maximum absolute atomic E-state index is 5.09. The van der Waals surface area contributed by atoms with E-state index in [1.807, 2.05) is 12.3 Å². The van der Waals surface area contributed by atoms with Crippen LogP contribution in [0.3, 0.4) is 0 Å². The van der Waals surface area contributed by atoms with Crippen molar-refractivity contribution in [3.8, 4) is 10.6 Å². The highest BCUT2D eigenvalue weighted by molar-refractivity contribution is 7.13. The Morgan fingerprint density at radius 2 is 1.94 bits per heavy atom. The van der Waals surface area contributed by atoms with Gasteiger partial charge in [0.15, 0.2) is 0 Å². The number of hydrogen-bond donors (Lipinski definition) is 2. The predicted molar refractivity (Wildman–Crippen MR) is 150 cm³/mol. The van der Waals surface area contributed by atoms with Crippen molar-refractivity contribution in [3.05, 3.63) is 94.3 Å². The summed E-state index contributed by atoms with van der Waals surface area (Å²) in [4.78, 5) is 13.1. The molecule has 0 unspecified atom stereocenters. The lowest BCUT2D eigenvalue weighted by Gasteiger charge is -2.20. The van der Waals surface area contributed by atoms with Gasteiger partial charge in [-0.1, -0.05) is 29.9 Å². The zero-order valence-electron chi connectivity index (χ0n) is 20.7. The fourth-order valence-electron chi connectivity index (χ4n) is 4.83. The Morgan fingerprint density at radius 1 is 1.03 bits per heavy atom. The van der Waals surface area contributed by atoms with Crippen LogP contribution >= 0.6 is 11.3 Å². The number of aromatic nitrogens is 4. The van der Waals surface area contributed by atoms with E-state index in [2.05, 4.69) is 100 Å². The van der Waals surface area contributed by atoms with E-state index in [4.69, 9.17) is 4.98 Å². The first-order valence-electron chi connectivity index (χ1n) is 12.1. The molecule has 0 bridgehead atoms. The Morgan fingerprint density at radius 3 is 2.78 bits per heavy atom. The molecule has 0 aromatic carbocycles. The van der Waals surface area contributed by atoms with E-state index < -0.39 is 0 Å². The molecule has 1 aliphatic carbocycles. The molecule has 6 rings (SSSR count). The number of fused-ring (bicyclic) bond motifs is 2. The Balaban J connectivity index is 1.35. The number of nitrogens with zero attached hydrogens (tertiary/aromatic N) is 4. The van der Waals surface area contributed by atoms with Crippen molar-refractivity contribution in [1.82, 2.24) is 25.1 Å². The summed E-state index contributed by atoms with van der Waals surface area (Å²) >= 11 is 1.71. The van der Waals surface area contributed by atoms with Crippen molar-refractivity contribution in [2.45, 2.75) is 19.8 Å². The number of pyridine rings is 2. The minimum Gasteiger partial charge on any atom is -0.354 e. The van der Waals surface area contributed by atoms with Crippen LogP contribution < -0.4 is 5.32 Å². The van der Waals surface area contributed by atoms with Gasteiger partial charge in [0.25, 0.3) is 0 Å². The highest BCUT2D eigenvalue weighted by atomic mass is 32.1. The van der Waals surface area contributed by atoms with Crippen LogP contribution in [0.25, 0.3) is 32.9 Å². The van der Waals surface area contributed by atoms with Crippen molar-refractivity contribution in [2.75, 3.05) is 26.0 Å². The largest absolute Gasteiger partial charge is 0.354 e. The van der Waals surface area contributed by atoms with Crippen LogP contribution in [0.1, 0.15) is 30.3 Å². The lowest BCUT2D eigenvalue weighted by Crippen LogP contribution is -2.14. The van der Waals surface area contributed by atoms with Crippen molar-refractivity contribution < 1.29 is 0 Å². The molecule has 2 aliphatic rings. The van der Waals surface area contributed by atoms with Gasteiger partial charge in [0.05, 0.1) is 27.5 Å². The van der Waals surface area contributed by atoms with E-state index in [0.717, 1.165) is 64.5 Å². The molecule has 0 fully saturated rings. The summed E-state index contributed by atoms with van der Waals surface area (Å²) in [6.07, 6.45) is 12.6. The normalized spacial score (nSPS) is 15.6. The van der Waals surface area contributed by atoms with Crippen LogP contribution in [0.15, 0.2) is 77.4 Å². The van der Waals surface area contributed by atoms with E-state index in [1.54, 1.807) is 11.3 Å². The van der Waals surface area contributed by atoms with Gasteiger partial charge >= 0.3 is 0 Å². The third kappa shape index (κ3) is 4.32. The van der Waals surface area contributed by atoms with Crippen LogP contribution in [0.2, 0.25) is 0 Å². The second kappa shape index (κ2) is 9.33. The van der Waals surface area contributed by atoms with E-state index in [9.17, 15) is 0 Å². The molecule has 36 heavy (non-hydrogen) atoms. The standard InChI is InChI=1S/C29H28N6S/c1-18-6-7-20(16-19(15-18)17-35(2)3)22-10-11-25-28(32-22)29(34-33-25)24-9-8-21-23(31-24)12-13-30-27(21)26-5-4-14-36-26/h4-5,7,9-16,31H,6,8,17H2,1-3H3,(H,33,34). The van der Waals surface area contributed by atoms with Gasteiger partial charge in [-0.3, -0.25) is 10.1 Å². The van der Waals surface area contributed by atoms with Crippen molar-refractivity contribution in [2.24, 2.45) is 0 Å². The first-order chi connectivity index (χ1) is 17.5. The molecule has 2 N–H and O–H groups in total. The van der Waals surface area contributed by atoms with Gasteiger partial charge in [-0.05, 0) is 80.7 Å². The van der Waals surface area contributed by atoms with Crippen LogP contribution in [-0.2, 0) is 6.42 Å². The number of hydrogen-bond acceptors (Lipinski definition) is 6. The third-order valence-electron chi connectivity index (χ3n) is 6.46. The Hall–Kier alpha value is -3.81. The summed E-state index contributed by atoms with van der Waals surface area (Å²) in [5.41, 5.74) is 11.7. The van der Waals surface area contributed by atoms with Crippen LogP contribution in [0, 0.1) is 0 Å². The summed E-state index contributed by atoms with van der Waals surface area (Å²) in [6, 6.07) is 10.4. The fourth-order valence-corrected chi connectivity index (χ4v) is 5.58. The molecule has 1 aliphatic heterocycles. The third-order valence-corrected chi connectivity index (χ3v) is 7.34.